The molecule has 0 fully saturated rings. The highest BCUT2D eigenvalue weighted by Gasteiger charge is 2.11. The molecule has 1 aliphatic rings. The van der Waals surface area contributed by atoms with Crippen molar-refractivity contribution >= 4 is 27.6 Å². The van der Waals surface area contributed by atoms with Crippen LogP contribution in [-0.2, 0) is 16.4 Å². The maximum Gasteiger partial charge on any atom is 0.229 e. The molecule has 1 heterocycles. The summed E-state index contributed by atoms with van der Waals surface area (Å²) in [5.74, 6) is 0.769. The van der Waals surface area contributed by atoms with Gasteiger partial charge in [-0.05, 0) is 53.6 Å². The maximum absolute atomic E-state index is 12.2. The fraction of sp³-hybridized carbons (Fsp3) is 0.167. The Morgan fingerprint density at radius 1 is 1.17 bits per heavy atom. The Labute approximate surface area is 141 Å². The Kier molecular flexibility index (Phi) is 4.40. The van der Waals surface area contributed by atoms with Crippen molar-refractivity contribution in [1.29, 1.82) is 0 Å². The predicted octanol–water partition coefficient (Wildman–Crippen LogP) is 2.89. The number of hydrogen-bond donors (Lipinski definition) is 1. The number of fused-ring (bicyclic) bond motifs is 1. The van der Waals surface area contributed by atoms with Crippen LogP contribution in [-0.4, -0.2) is 27.1 Å². The van der Waals surface area contributed by atoms with E-state index < -0.39 is 10.0 Å². The smallest absolute Gasteiger partial charge is 0.229 e. The van der Waals surface area contributed by atoms with Crippen LogP contribution >= 0.6 is 0 Å². The third-order valence-corrected chi connectivity index (χ3v) is 4.22. The summed E-state index contributed by atoms with van der Waals surface area (Å²) in [5, 5.41) is 0. The summed E-state index contributed by atoms with van der Waals surface area (Å²) >= 11 is 0. The molecule has 2 aromatic carbocycles. The molecule has 0 aliphatic carbocycles. The van der Waals surface area contributed by atoms with Crippen LogP contribution < -0.4 is 9.46 Å². The molecule has 0 aromatic heterocycles. The van der Waals surface area contributed by atoms with E-state index in [0.717, 1.165) is 29.6 Å². The number of hydrogen-bond acceptors (Lipinski definition) is 4. The van der Waals surface area contributed by atoms with Crippen LogP contribution in [0.25, 0.3) is 6.08 Å². The summed E-state index contributed by atoms with van der Waals surface area (Å²) in [5.41, 5.74) is 3.02. The first-order valence-corrected chi connectivity index (χ1v) is 9.36. The first-order valence-electron chi connectivity index (χ1n) is 7.47. The van der Waals surface area contributed by atoms with Gasteiger partial charge in [-0.25, -0.2) is 8.42 Å². The quantitative estimate of drug-likeness (QED) is 0.669. The standard InChI is InChI=1S/C18H17NO4S/c1-24(21,22)19-16-6-4-14(5-7-16)17(20)8-2-13-3-9-18-15(12-13)10-11-23-18/h2-9,12,19H,10-11H2,1H3/b8-2-. The molecule has 6 heteroatoms. The average molecular weight is 343 g/mol. The molecule has 2 aromatic rings. The van der Waals surface area contributed by atoms with Gasteiger partial charge in [-0.15, -0.1) is 0 Å². The van der Waals surface area contributed by atoms with Gasteiger partial charge in [-0.2, -0.15) is 0 Å². The van der Waals surface area contributed by atoms with Crippen LogP contribution in [0.5, 0.6) is 5.75 Å². The van der Waals surface area contributed by atoms with E-state index in [0.29, 0.717) is 17.9 Å². The molecule has 0 saturated heterocycles. The van der Waals surface area contributed by atoms with Crippen LogP contribution in [0.4, 0.5) is 5.69 Å². The summed E-state index contributed by atoms with van der Waals surface area (Å²) < 4.78 is 30.1. The van der Waals surface area contributed by atoms with Gasteiger partial charge in [0.2, 0.25) is 10.0 Å². The van der Waals surface area contributed by atoms with Crippen molar-refractivity contribution in [2.45, 2.75) is 6.42 Å². The molecule has 0 unspecified atom stereocenters. The van der Waals surface area contributed by atoms with Crippen molar-refractivity contribution in [1.82, 2.24) is 0 Å². The second-order valence-electron chi connectivity index (χ2n) is 5.61. The minimum absolute atomic E-state index is 0.141. The molecule has 0 amide bonds. The van der Waals surface area contributed by atoms with Gasteiger partial charge in [-0.1, -0.05) is 12.1 Å². The number of ketones is 1. The van der Waals surface area contributed by atoms with Gasteiger partial charge >= 0.3 is 0 Å². The first kappa shape index (κ1) is 16.3. The summed E-state index contributed by atoms with van der Waals surface area (Å²) in [6, 6.07) is 12.2. The molecule has 1 aliphatic heterocycles. The van der Waals surface area contributed by atoms with E-state index in [9.17, 15) is 13.2 Å². The van der Waals surface area contributed by atoms with E-state index in [4.69, 9.17) is 4.74 Å². The number of anilines is 1. The van der Waals surface area contributed by atoms with E-state index in [1.165, 1.54) is 6.08 Å². The van der Waals surface area contributed by atoms with Gasteiger partial charge in [-0.3, -0.25) is 9.52 Å². The molecule has 0 bridgehead atoms. The number of carbonyl (C=O) groups is 1. The number of allylic oxidation sites excluding steroid dienone is 1. The van der Waals surface area contributed by atoms with Gasteiger partial charge in [0.25, 0.3) is 0 Å². The molecule has 5 nitrogen and oxygen atoms in total. The lowest BCUT2D eigenvalue weighted by Crippen LogP contribution is -2.09. The zero-order chi connectivity index (χ0) is 17.2. The maximum atomic E-state index is 12.2. The molecule has 0 saturated carbocycles. The van der Waals surface area contributed by atoms with E-state index >= 15 is 0 Å². The van der Waals surface area contributed by atoms with Crippen molar-refractivity contribution in [2.75, 3.05) is 17.6 Å². The average Bonchev–Trinajstić information content (AvgIpc) is 2.99. The second kappa shape index (κ2) is 6.49. The summed E-state index contributed by atoms with van der Waals surface area (Å²) in [7, 11) is -3.32. The highest BCUT2D eigenvalue weighted by atomic mass is 32.2. The molecule has 0 atom stereocenters. The molecular formula is C18H17NO4S. The van der Waals surface area contributed by atoms with Crippen LogP contribution in [0.3, 0.4) is 0 Å². The van der Waals surface area contributed by atoms with Crippen LogP contribution in [0, 0.1) is 0 Å². The van der Waals surface area contributed by atoms with E-state index in [2.05, 4.69) is 4.72 Å². The Balaban J connectivity index is 1.70. The van der Waals surface area contributed by atoms with Crippen LogP contribution in [0.1, 0.15) is 21.5 Å². The molecule has 124 valence electrons. The predicted molar refractivity (Wildman–Crippen MR) is 93.9 cm³/mol. The van der Waals surface area contributed by atoms with Crippen molar-refractivity contribution in [3.63, 3.8) is 0 Å². The largest absolute Gasteiger partial charge is 0.493 e. The third kappa shape index (κ3) is 4.02. The van der Waals surface area contributed by atoms with Gasteiger partial charge in [0.15, 0.2) is 5.78 Å². The molecule has 24 heavy (non-hydrogen) atoms. The highest BCUT2D eigenvalue weighted by molar-refractivity contribution is 7.92. The Morgan fingerprint density at radius 2 is 1.92 bits per heavy atom. The number of sulfonamides is 1. The van der Waals surface area contributed by atoms with Crippen LogP contribution in [0.2, 0.25) is 0 Å². The van der Waals surface area contributed by atoms with Gasteiger partial charge in [0.1, 0.15) is 5.75 Å². The number of ether oxygens (including phenoxy) is 1. The van der Waals surface area contributed by atoms with Crippen molar-refractivity contribution in [3.05, 3.63) is 65.2 Å². The number of nitrogens with one attached hydrogen (secondary N) is 1. The lowest BCUT2D eigenvalue weighted by molar-refractivity contribution is 0.104. The van der Waals surface area contributed by atoms with Crippen molar-refractivity contribution in [2.24, 2.45) is 0 Å². The SMILES string of the molecule is CS(=O)(=O)Nc1ccc(C(=O)/C=C\c2ccc3c(c2)CCO3)cc1. The number of benzene rings is 2. The molecule has 0 spiro atoms. The number of carbonyl (C=O) groups excluding carboxylic acids is 1. The summed E-state index contributed by atoms with van der Waals surface area (Å²) in [6.45, 7) is 0.704. The van der Waals surface area contributed by atoms with Gasteiger partial charge in [0, 0.05) is 17.7 Å². The Bertz CT molecular complexity index is 899. The van der Waals surface area contributed by atoms with Crippen molar-refractivity contribution in [3.8, 4) is 5.75 Å². The minimum atomic E-state index is -3.32. The summed E-state index contributed by atoms with van der Waals surface area (Å²) in [6.07, 6.45) is 5.25. The zero-order valence-corrected chi connectivity index (χ0v) is 14.0. The lowest BCUT2D eigenvalue weighted by Gasteiger charge is -2.04. The molecular weight excluding hydrogens is 326 g/mol. The Hall–Kier alpha value is -2.60. The third-order valence-electron chi connectivity index (χ3n) is 3.61. The fourth-order valence-corrected chi connectivity index (χ4v) is 3.06. The van der Waals surface area contributed by atoms with Crippen molar-refractivity contribution < 1.29 is 17.9 Å². The van der Waals surface area contributed by atoms with Crippen LogP contribution in [0.15, 0.2) is 48.5 Å². The zero-order valence-electron chi connectivity index (χ0n) is 13.2. The second-order valence-corrected chi connectivity index (χ2v) is 7.36. The normalized spacial score (nSPS) is 13.5. The van der Waals surface area contributed by atoms with E-state index in [1.807, 2.05) is 18.2 Å². The summed E-state index contributed by atoms with van der Waals surface area (Å²) in [4.78, 5) is 12.2. The number of rotatable bonds is 5. The fourth-order valence-electron chi connectivity index (χ4n) is 2.49. The molecule has 0 radical (unpaired) electrons. The van der Waals surface area contributed by atoms with E-state index in [1.54, 1.807) is 30.3 Å². The minimum Gasteiger partial charge on any atom is -0.493 e. The highest BCUT2D eigenvalue weighted by Crippen LogP contribution is 2.26. The molecule has 3 rings (SSSR count). The van der Waals surface area contributed by atoms with E-state index in [-0.39, 0.29) is 5.78 Å². The first-order chi connectivity index (χ1) is 11.4. The lowest BCUT2D eigenvalue weighted by atomic mass is 10.1. The van der Waals surface area contributed by atoms with Gasteiger partial charge in [0.05, 0.1) is 12.9 Å². The van der Waals surface area contributed by atoms with Gasteiger partial charge < -0.3 is 4.74 Å². The monoisotopic (exact) mass is 343 g/mol. The Morgan fingerprint density at radius 3 is 2.62 bits per heavy atom. The molecule has 1 N–H and O–H groups in total. The topological polar surface area (TPSA) is 72.5 Å².